The first-order valence-corrected chi connectivity index (χ1v) is 8.75. The number of benzene rings is 2. The lowest BCUT2D eigenvalue weighted by atomic mass is 10.1. The van der Waals surface area contributed by atoms with Crippen LogP contribution in [-0.2, 0) is 11.2 Å². The smallest absolute Gasteiger partial charge is 0.255 e. The van der Waals surface area contributed by atoms with E-state index in [1.165, 1.54) is 0 Å². The van der Waals surface area contributed by atoms with Gasteiger partial charge in [-0.25, -0.2) is 0 Å². The number of aliphatic hydroxyl groups is 1. The molecule has 0 unspecified atom stereocenters. The van der Waals surface area contributed by atoms with Crippen molar-refractivity contribution >= 4 is 16.7 Å². The number of carbonyl (C=O) groups excluding carboxylic acids is 1. The van der Waals surface area contributed by atoms with Crippen molar-refractivity contribution in [3.63, 3.8) is 0 Å². The summed E-state index contributed by atoms with van der Waals surface area (Å²) in [6.45, 7) is 0.0786. The Bertz CT molecular complexity index is 899. The van der Waals surface area contributed by atoms with E-state index in [1.807, 2.05) is 42.5 Å². The van der Waals surface area contributed by atoms with Gasteiger partial charge in [-0.1, -0.05) is 18.2 Å². The molecule has 1 amide bonds. The van der Waals surface area contributed by atoms with Crippen molar-refractivity contribution < 1.29 is 19.4 Å². The number of aryl methyl sites for hydroxylation is 1. The number of amides is 1. The van der Waals surface area contributed by atoms with Gasteiger partial charge in [0, 0.05) is 12.4 Å². The maximum Gasteiger partial charge on any atom is 0.255 e. The SMILES string of the molecule is NC(=O)COc1ccc2cc(OC[C@@H](O)CCc3cccnc3)ccc2c1. The molecule has 0 fully saturated rings. The second-order valence-corrected chi connectivity index (χ2v) is 6.29. The number of nitrogens with two attached hydrogens (primary N) is 1. The van der Waals surface area contributed by atoms with E-state index in [-0.39, 0.29) is 13.2 Å². The van der Waals surface area contributed by atoms with Crippen molar-refractivity contribution in [2.75, 3.05) is 13.2 Å². The Balaban J connectivity index is 1.54. The number of aromatic nitrogens is 1. The van der Waals surface area contributed by atoms with Gasteiger partial charge in [-0.05, 0) is 59.5 Å². The van der Waals surface area contributed by atoms with Gasteiger partial charge in [0.2, 0.25) is 0 Å². The van der Waals surface area contributed by atoms with Crippen LogP contribution in [-0.4, -0.2) is 35.3 Å². The fourth-order valence-electron chi connectivity index (χ4n) is 2.69. The third-order valence-corrected chi connectivity index (χ3v) is 4.10. The topological polar surface area (TPSA) is 94.7 Å². The zero-order valence-corrected chi connectivity index (χ0v) is 14.9. The van der Waals surface area contributed by atoms with Crippen LogP contribution in [0.15, 0.2) is 60.9 Å². The number of aliphatic hydroxyl groups excluding tert-OH is 1. The van der Waals surface area contributed by atoms with Gasteiger partial charge in [0.15, 0.2) is 6.61 Å². The molecule has 0 aliphatic carbocycles. The predicted molar refractivity (Wildman–Crippen MR) is 103 cm³/mol. The van der Waals surface area contributed by atoms with Gasteiger partial charge >= 0.3 is 0 Å². The molecule has 0 aliphatic rings. The van der Waals surface area contributed by atoms with Gasteiger partial charge in [-0.3, -0.25) is 9.78 Å². The third kappa shape index (κ3) is 5.69. The van der Waals surface area contributed by atoms with Gasteiger partial charge < -0.3 is 20.3 Å². The first-order chi connectivity index (χ1) is 13.1. The fraction of sp³-hybridized carbons (Fsp3) is 0.238. The van der Waals surface area contributed by atoms with E-state index in [9.17, 15) is 9.90 Å². The second kappa shape index (κ2) is 9.00. The Labute approximate surface area is 157 Å². The summed E-state index contributed by atoms with van der Waals surface area (Å²) in [4.78, 5) is 14.9. The maximum absolute atomic E-state index is 10.8. The van der Waals surface area contributed by atoms with Crippen LogP contribution < -0.4 is 15.2 Å². The minimum absolute atomic E-state index is 0.149. The number of carbonyl (C=O) groups is 1. The van der Waals surface area contributed by atoms with E-state index in [0.717, 1.165) is 22.8 Å². The number of hydrogen-bond donors (Lipinski definition) is 2. The average molecular weight is 366 g/mol. The minimum Gasteiger partial charge on any atom is -0.491 e. The molecule has 0 spiro atoms. The fourth-order valence-corrected chi connectivity index (χ4v) is 2.69. The van der Waals surface area contributed by atoms with Gasteiger partial charge in [-0.2, -0.15) is 0 Å². The molecule has 1 aromatic heterocycles. The first kappa shape index (κ1) is 18.7. The number of ether oxygens (including phenoxy) is 2. The number of pyridine rings is 1. The largest absolute Gasteiger partial charge is 0.491 e. The molecule has 6 nitrogen and oxygen atoms in total. The first-order valence-electron chi connectivity index (χ1n) is 8.75. The van der Waals surface area contributed by atoms with E-state index in [0.29, 0.717) is 17.9 Å². The summed E-state index contributed by atoms with van der Waals surface area (Å²) in [6, 6.07) is 15.0. The molecule has 0 radical (unpaired) electrons. The van der Waals surface area contributed by atoms with E-state index < -0.39 is 12.0 Å². The molecule has 1 atom stereocenters. The molecular formula is C21H22N2O4. The lowest BCUT2D eigenvalue weighted by molar-refractivity contribution is -0.119. The quantitative estimate of drug-likeness (QED) is 0.607. The second-order valence-electron chi connectivity index (χ2n) is 6.29. The van der Waals surface area contributed by atoms with Crippen LogP contribution in [0.1, 0.15) is 12.0 Å². The molecular weight excluding hydrogens is 344 g/mol. The number of nitrogens with zero attached hydrogens (tertiary/aromatic N) is 1. The molecule has 6 heteroatoms. The Kier molecular flexibility index (Phi) is 6.22. The van der Waals surface area contributed by atoms with Crippen molar-refractivity contribution in [2.45, 2.75) is 18.9 Å². The summed E-state index contributed by atoms with van der Waals surface area (Å²) in [5.74, 6) is 0.760. The molecule has 3 rings (SSSR count). The minimum atomic E-state index is -0.550. The van der Waals surface area contributed by atoms with Crippen LogP contribution in [0.3, 0.4) is 0 Å². The van der Waals surface area contributed by atoms with Crippen molar-refractivity contribution in [3.8, 4) is 11.5 Å². The Morgan fingerprint density at radius 1 is 1.07 bits per heavy atom. The van der Waals surface area contributed by atoms with Gasteiger partial charge in [0.25, 0.3) is 5.91 Å². The van der Waals surface area contributed by atoms with E-state index in [4.69, 9.17) is 15.2 Å². The van der Waals surface area contributed by atoms with Gasteiger partial charge in [0.1, 0.15) is 18.1 Å². The van der Waals surface area contributed by atoms with Crippen LogP contribution in [0.4, 0.5) is 0 Å². The molecule has 0 saturated heterocycles. The predicted octanol–water partition coefficient (Wildman–Crippen LogP) is 2.47. The highest BCUT2D eigenvalue weighted by molar-refractivity contribution is 5.85. The van der Waals surface area contributed by atoms with E-state index >= 15 is 0 Å². The molecule has 0 bridgehead atoms. The van der Waals surface area contributed by atoms with Crippen molar-refractivity contribution in [1.29, 1.82) is 0 Å². The van der Waals surface area contributed by atoms with Crippen LogP contribution in [0, 0.1) is 0 Å². The monoisotopic (exact) mass is 366 g/mol. The molecule has 2 aromatic carbocycles. The highest BCUT2D eigenvalue weighted by Crippen LogP contribution is 2.25. The lowest BCUT2D eigenvalue weighted by Gasteiger charge is -2.13. The lowest BCUT2D eigenvalue weighted by Crippen LogP contribution is -2.19. The summed E-state index contributed by atoms with van der Waals surface area (Å²) < 4.78 is 11.0. The zero-order valence-electron chi connectivity index (χ0n) is 14.9. The highest BCUT2D eigenvalue weighted by atomic mass is 16.5. The molecule has 140 valence electrons. The van der Waals surface area contributed by atoms with Crippen molar-refractivity contribution in [2.24, 2.45) is 5.73 Å². The average Bonchev–Trinajstić information content (AvgIpc) is 2.69. The van der Waals surface area contributed by atoms with Crippen molar-refractivity contribution in [3.05, 3.63) is 66.5 Å². The van der Waals surface area contributed by atoms with Crippen LogP contribution >= 0.6 is 0 Å². The Hall–Kier alpha value is -3.12. The van der Waals surface area contributed by atoms with Crippen molar-refractivity contribution in [1.82, 2.24) is 4.98 Å². The van der Waals surface area contributed by atoms with E-state index in [2.05, 4.69) is 4.98 Å². The standard InChI is InChI=1S/C21H22N2O4/c22-21(25)14-27-20-8-5-16-10-19(7-4-17(16)11-20)26-13-18(24)6-3-15-2-1-9-23-12-15/h1-2,4-5,7-12,18,24H,3,6,13-14H2,(H2,22,25)/t18-/m0/s1. The van der Waals surface area contributed by atoms with E-state index in [1.54, 1.807) is 18.5 Å². The number of rotatable bonds is 9. The molecule has 27 heavy (non-hydrogen) atoms. The number of primary amides is 1. The Morgan fingerprint density at radius 3 is 2.41 bits per heavy atom. The molecule has 3 aromatic rings. The maximum atomic E-state index is 10.8. The molecule has 0 aliphatic heterocycles. The van der Waals surface area contributed by atoms with Crippen LogP contribution in [0.25, 0.3) is 10.8 Å². The van der Waals surface area contributed by atoms with Crippen LogP contribution in [0.5, 0.6) is 11.5 Å². The summed E-state index contributed by atoms with van der Waals surface area (Å²) in [7, 11) is 0. The molecule has 1 heterocycles. The number of fused-ring (bicyclic) bond motifs is 1. The third-order valence-electron chi connectivity index (χ3n) is 4.10. The Morgan fingerprint density at radius 2 is 1.78 bits per heavy atom. The summed E-state index contributed by atoms with van der Waals surface area (Å²) in [6.07, 6.45) is 4.35. The summed E-state index contributed by atoms with van der Waals surface area (Å²) in [5.41, 5.74) is 6.18. The van der Waals surface area contributed by atoms with Gasteiger partial charge in [-0.15, -0.1) is 0 Å². The van der Waals surface area contributed by atoms with Crippen LogP contribution in [0.2, 0.25) is 0 Å². The highest BCUT2D eigenvalue weighted by Gasteiger charge is 2.07. The normalized spacial score (nSPS) is 11.9. The zero-order chi connectivity index (χ0) is 19.1. The number of hydrogen-bond acceptors (Lipinski definition) is 5. The molecule has 0 saturated carbocycles. The summed E-state index contributed by atoms with van der Waals surface area (Å²) in [5, 5.41) is 12.1. The summed E-state index contributed by atoms with van der Waals surface area (Å²) >= 11 is 0. The molecule has 3 N–H and O–H groups in total. The van der Waals surface area contributed by atoms with Gasteiger partial charge in [0.05, 0.1) is 6.10 Å².